The van der Waals surface area contributed by atoms with Crippen LogP contribution in [-0.2, 0) is 4.74 Å². The van der Waals surface area contributed by atoms with E-state index in [0.717, 1.165) is 19.0 Å². The maximum atomic E-state index is 11.9. The smallest absolute Gasteiger partial charge is 0.271 e. The molecule has 1 fully saturated rings. The second kappa shape index (κ2) is 7.30. The standard InChI is InChI=1S/C16H16ClN3O3/c17-13-3-1-2-12(10-13)16(21)19-18-11-14-4-5-15(23-14)20-6-8-22-9-7-20/h1-5,10-11H,6-9H2,(H,19,21)/b18-11-. The van der Waals surface area contributed by atoms with Crippen LogP contribution in [0.3, 0.4) is 0 Å². The molecule has 1 aromatic carbocycles. The van der Waals surface area contributed by atoms with E-state index in [1.807, 2.05) is 6.07 Å². The summed E-state index contributed by atoms with van der Waals surface area (Å²) in [6.45, 7) is 2.99. The largest absolute Gasteiger partial charge is 0.440 e. The Balaban J connectivity index is 1.58. The molecule has 1 aliphatic heterocycles. The van der Waals surface area contributed by atoms with Crippen molar-refractivity contribution in [2.24, 2.45) is 5.10 Å². The maximum absolute atomic E-state index is 11.9. The minimum absolute atomic E-state index is 0.330. The van der Waals surface area contributed by atoms with Crippen LogP contribution in [0.4, 0.5) is 5.88 Å². The van der Waals surface area contributed by atoms with Gasteiger partial charge in [0.1, 0.15) is 5.76 Å². The number of ether oxygens (including phenoxy) is 1. The van der Waals surface area contributed by atoms with Gasteiger partial charge in [0.15, 0.2) is 5.88 Å². The van der Waals surface area contributed by atoms with Gasteiger partial charge in [-0.25, -0.2) is 5.43 Å². The third kappa shape index (κ3) is 4.12. The van der Waals surface area contributed by atoms with E-state index in [4.69, 9.17) is 20.8 Å². The van der Waals surface area contributed by atoms with Crippen molar-refractivity contribution in [2.45, 2.75) is 0 Å². The maximum Gasteiger partial charge on any atom is 0.271 e. The number of anilines is 1. The molecule has 1 saturated heterocycles. The molecule has 1 N–H and O–H groups in total. The number of hydrogen-bond acceptors (Lipinski definition) is 5. The summed E-state index contributed by atoms with van der Waals surface area (Å²) in [5.41, 5.74) is 2.89. The van der Waals surface area contributed by atoms with Crippen molar-refractivity contribution in [3.05, 3.63) is 52.7 Å². The fraction of sp³-hybridized carbons (Fsp3) is 0.250. The van der Waals surface area contributed by atoms with Crippen molar-refractivity contribution < 1.29 is 13.9 Å². The number of carbonyl (C=O) groups excluding carboxylic acids is 1. The lowest BCUT2D eigenvalue weighted by Gasteiger charge is -2.26. The molecule has 1 aromatic heterocycles. The number of furan rings is 1. The average molecular weight is 334 g/mol. The monoisotopic (exact) mass is 333 g/mol. The van der Waals surface area contributed by atoms with Crippen molar-refractivity contribution in [2.75, 3.05) is 31.2 Å². The number of amides is 1. The molecule has 7 heteroatoms. The molecule has 0 unspecified atom stereocenters. The minimum Gasteiger partial charge on any atom is -0.440 e. The molecule has 0 saturated carbocycles. The van der Waals surface area contributed by atoms with Crippen LogP contribution in [0.25, 0.3) is 0 Å². The van der Waals surface area contributed by atoms with Crippen molar-refractivity contribution in [3.63, 3.8) is 0 Å². The third-order valence-corrected chi connectivity index (χ3v) is 3.62. The van der Waals surface area contributed by atoms with E-state index in [9.17, 15) is 4.79 Å². The molecule has 1 amide bonds. The quantitative estimate of drug-likeness (QED) is 0.689. The summed E-state index contributed by atoms with van der Waals surface area (Å²) in [6, 6.07) is 10.3. The molecule has 0 spiro atoms. The molecule has 120 valence electrons. The summed E-state index contributed by atoms with van der Waals surface area (Å²) < 4.78 is 11.0. The molecular formula is C16H16ClN3O3. The Morgan fingerprint density at radius 2 is 2.09 bits per heavy atom. The summed E-state index contributed by atoms with van der Waals surface area (Å²) in [5, 5.41) is 4.40. The average Bonchev–Trinajstić information content (AvgIpc) is 3.04. The molecule has 2 heterocycles. The predicted molar refractivity (Wildman–Crippen MR) is 88.3 cm³/mol. The molecule has 6 nitrogen and oxygen atoms in total. The van der Waals surface area contributed by atoms with Crippen LogP contribution in [0.1, 0.15) is 16.1 Å². The first kappa shape index (κ1) is 15.6. The normalized spacial score (nSPS) is 15.1. The van der Waals surface area contributed by atoms with Gasteiger partial charge in [0.25, 0.3) is 5.91 Å². The second-order valence-electron chi connectivity index (χ2n) is 4.98. The molecule has 23 heavy (non-hydrogen) atoms. The van der Waals surface area contributed by atoms with Crippen molar-refractivity contribution in [3.8, 4) is 0 Å². The highest BCUT2D eigenvalue weighted by atomic mass is 35.5. The summed E-state index contributed by atoms with van der Waals surface area (Å²) in [5.74, 6) is 1.01. The fourth-order valence-electron chi connectivity index (χ4n) is 2.21. The predicted octanol–water partition coefficient (Wildman–Crippen LogP) is 2.53. The van der Waals surface area contributed by atoms with Crippen molar-refractivity contribution in [1.29, 1.82) is 0 Å². The van der Waals surface area contributed by atoms with E-state index in [1.165, 1.54) is 6.21 Å². The first-order valence-electron chi connectivity index (χ1n) is 7.24. The number of hydrazone groups is 1. The summed E-state index contributed by atoms with van der Waals surface area (Å²) in [7, 11) is 0. The van der Waals surface area contributed by atoms with E-state index in [0.29, 0.717) is 29.6 Å². The summed E-state index contributed by atoms with van der Waals surface area (Å²) in [4.78, 5) is 14.0. The molecule has 2 aromatic rings. The van der Waals surface area contributed by atoms with Gasteiger partial charge in [-0.15, -0.1) is 0 Å². The molecule has 3 rings (SSSR count). The van der Waals surface area contributed by atoms with Gasteiger partial charge in [-0.3, -0.25) is 4.79 Å². The molecule has 1 aliphatic rings. The van der Waals surface area contributed by atoms with Gasteiger partial charge >= 0.3 is 0 Å². The summed E-state index contributed by atoms with van der Waals surface area (Å²) >= 11 is 5.85. The van der Waals surface area contributed by atoms with Gasteiger partial charge in [0.2, 0.25) is 0 Å². The van der Waals surface area contributed by atoms with Crippen LogP contribution in [0.15, 0.2) is 45.9 Å². The fourth-order valence-corrected chi connectivity index (χ4v) is 2.40. The number of carbonyl (C=O) groups is 1. The van der Waals surface area contributed by atoms with Crippen LogP contribution in [0, 0.1) is 0 Å². The lowest BCUT2D eigenvalue weighted by Crippen LogP contribution is -2.35. The Morgan fingerprint density at radius 3 is 2.87 bits per heavy atom. The first-order chi connectivity index (χ1) is 11.2. The van der Waals surface area contributed by atoms with E-state index < -0.39 is 0 Å². The van der Waals surface area contributed by atoms with Crippen molar-refractivity contribution in [1.82, 2.24) is 5.43 Å². The molecule has 0 bridgehead atoms. The van der Waals surface area contributed by atoms with E-state index >= 15 is 0 Å². The minimum atomic E-state index is -0.330. The number of nitrogens with one attached hydrogen (secondary N) is 1. The van der Waals surface area contributed by atoms with Gasteiger partial charge in [-0.05, 0) is 24.3 Å². The number of nitrogens with zero attached hydrogens (tertiary/aromatic N) is 2. The zero-order valence-corrected chi connectivity index (χ0v) is 13.1. The Bertz CT molecular complexity index is 708. The number of hydrogen-bond donors (Lipinski definition) is 1. The Morgan fingerprint density at radius 1 is 1.26 bits per heavy atom. The molecule has 0 atom stereocenters. The summed E-state index contributed by atoms with van der Waals surface area (Å²) in [6.07, 6.45) is 1.46. The Kier molecular flexibility index (Phi) is 4.95. The third-order valence-electron chi connectivity index (χ3n) is 3.38. The van der Waals surface area contributed by atoms with Crippen LogP contribution in [-0.4, -0.2) is 38.4 Å². The number of morpholine rings is 1. The topological polar surface area (TPSA) is 67.1 Å². The van der Waals surface area contributed by atoms with Gasteiger partial charge < -0.3 is 14.1 Å². The SMILES string of the molecule is O=C(N/N=C\c1ccc(N2CCOCC2)o1)c1cccc(Cl)c1. The number of benzene rings is 1. The van der Waals surface area contributed by atoms with Gasteiger partial charge in [0.05, 0.1) is 19.4 Å². The Hall–Kier alpha value is -2.31. The highest BCUT2D eigenvalue weighted by Gasteiger charge is 2.14. The van der Waals surface area contributed by atoms with Crippen LogP contribution >= 0.6 is 11.6 Å². The highest BCUT2D eigenvalue weighted by Crippen LogP contribution is 2.18. The zero-order valence-electron chi connectivity index (χ0n) is 12.4. The molecule has 0 radical (unpaired) electrons. The van der Waals surface area contributed by atoms with Crippen LogP contribution in [0.2, 0.25) is 5.02 Å². The van der Waals surface area contributed by atoms with Gasteiger partial charge in [-0.1, -0.05) is 17.7 Å². The van der Waals surface area contributed by atoms with Crippen LogP contribution in [0.5, 0.6) is 0 Å². The van der Waals surface area contributed by atoms with Crippen molar-refractivity contribution >= 4 is 29.6 Å². The lowest BCUT2D eigenvalue weighted by molar-refractivity contribution is 0.0955. The second-order valence-corrected chi connectivity index (χ2v) is 5.42. The molecule has 0 aliphatic carbocycles. The lowest BCUT2D eigenvalue weighted by atomic mass is 10.2. The van der Waals surface area contributed by atoms with Crippen LogP contribution < -0.4 is 10.3 Å². The Labute approximate surface area is 138 Å². The van der Waals surface area contributed by atoms with E-state index in [-0.39, 0.29) is 5.91 Å². The van der Waals surface area contributed by atoms with E-state index in [2.05, 4.69) is 15.4 Å². The van der Waals surface area contributed by atoms with Gasteiger partial charge in [0, 0.05) is 29.7 Å². The number of rotatable bonds is 4. The first-order valence-corrected chi connectivity index (χ1v) is 7.62. The van der Waals surface area contributed by atoms with Gasteiger partial charge in [-0.2, -0.15) is 5.10 Å². The van der Waals surface area contributed by atoms with E-state index in [1.54, 1.807) is 30.3 Å². The zero-order chi connectivity index (χ0) is 16.1. The number of halogens is 1. The molecular weight excluding hydrogens is 318 g/mol. The highest BCUT2D eigenvalue weighted by molar-refractivity contribution is 6.30.